The van der Waals surface area contributed by atoms with Gasteiger partial charge in [0.25, 0.3) is 16.1 Å². The van der Waals surface area contributed by atoms with Gasteiger partial charge in [0.1, 0.15) is 11.6 Å². The third kappa shape index (κ3) is 4.26. The summed E-state index contributed by atoms with van der Waals surface area (Å²) in [5, 5.41) is 2.70. The monoisotopic (exact) mass is 405 g/mol. The number of aryl methyl sites for hydroxylation is 1. The fourth-order valence-corrected chi connectivity index (χ4v) is 3.89. The van der Waals surface area contributed by atoms with Gasteiger partial charge in [0.15, 0.2) is 5.69 Å². The van der Waals surface area contributed by atoms with Gasteiger partial charge in [-0.05, 0) is 19.1 Å². The molecule has 11 heteroatoms. The summed E-state index contributed by atoms with van der Waals surface area (Å²) in [4.78, 5) is 27.3. The molecule has 0 spiro atoms. The average molecular weight is 405 g/mol. The maximum absolute atomic E-state index is 12.6. The van der Waals surface area contributed by atoms with Gasteiger partial charge in [0, 0.05) is 46.5 Å². The zero-order valence-corrected chi connectivity index (χ0v) is 16.8. The van der Waals surface area contributed by atoms with E-state index in [-0.39, 0.29) is 11.6 Å². The van der Waals surface area contributed by atoms with Crippen LogP contribution in [0.4, 0.5) is 11.6 Å². The van der Waals surface area contributed by atoms with E-state index in [2.05, 4.69) is 20.3 Å². The summed E-state index contributed by atoms with van der Waals surface area (Å²) in [5.74, 6) is 0.583. The van der Waals surface area contributed by atoms with Crippen LogP contribution in [0.3, 0.4) is 0 Å². The van der Waals surface area contributed by atoms with Gasteiger partial charge in [-0.2, -0.15) is 17.0 Å². The summed E-state index contributed by atoms with van der Waals surface area (Å²) in [6, 6.07) is 5.23. The molecule has 0 bridgehead atoms. The van der Waals surface area contributed by atoms with E-state index in [0.717, 1.165) is 0 Å². The van der Waals surface area contributed by atoms with Crippen molar-refractivity contribution in [3.05, 3.63) is 42.0 Å². The second-order valence-corrected chi connectivity index (χ2v) is 8.65. The Morgan fingerprint density at radius 1 is 1.14 bits per heavy atom. The van der Waals surface area contributed by atoms with Gasteiger partial charge < -0.3 is 10.2 Å². The highest BCUT2D eigenvalue weighted by Crippen LogP contribution is 2.17. The van der Waals surface area contributed by atoms with Crippen molar-refractivity contribution >= 4 is 27.8 Å². The largest absolute Gasteiger partial charge is 0.353 e. The van der Waals surface area contributed by atoms with Crippen LogP contribution < -0.4 is 10.2 Å². The van der Waals surface area contributed by atoms with Crippen LogP contribution >= 0.6 is 0 Å². The molecule has 10 nitrogen and oxygen atoms in total. The third-order valence-electron chi connectivity index (χ3n) is 4.41. The molecular weight excluding hydrogens is 382 g/mol. The second-order valence-electron chi connectivity index (χ2n) is 6.51. The molecule has 2 aromatic heterocycles. The maximum Gasteiger partial charge on any atom is 0.281 e. The van der Waals surface area contributed by atoms with Gasteiger partial charge in [0.05, 0.1) is 11.9 Å². The lowest BCUT2D eigenvalue weighted by Crippen LogP contribution is -2.52. The average Bonchev–Trinajstić information content (AvgIpc) is 2.69. The first kappa shape index (κ1) is 20.1. The number of piperazine rings is 1. The van der Waals surface area contributed by atoms with E-state index in [1.807, 2.05) is 4.90 Å². The fourth-order valence-electron chi connectivity index (χ4n) is 2.80. The second kappa shape index (κ2) is 8.17. The summed E-state index contributed by atoms with van der Waals surface area (Å²) in [5.41, 5.74) is 0.720. The number of hydrogen-bond donors (Lipinski definition) is 1. The molecule has 0 saturated carbocycles. The number of rotatable bonds is 5. The Kier molecular flexibility index (Phi) is 5.87. The van der Waals surface area contributed by atoms with Crippen LogP contribution in [-0.4, -0.2) is 78.2 Å². The minimum atomic E-state index is -3.44. The van der Waals surface area contributed by atoms with E-state index in [0.29, 0.717) is 43.5 Å². The van der Waals surface area contributed by atoms with E-state index < -0.39 is 10.2 Å². The highest BCUT2D eigenvalue weighted by atomic mass is 32.2. The van der Waals surface area contributed by atoms with Crippen molar-refractivity contribution < 1.29 is 13.2 Å². The Balaban J connectivity index is 1.73. The molecule has 2 aromatic rings. The Hall–Kier alpha value is -2.63. The lowest BCUT2D eigenvalue weighted by Gasteiger charge is -2.35. The molecule has 0 aromatic carbocycles. The van der Waals surface area contributed by atoms with Crippen molar-refractivity contribution in [1.29, 1.82) is 0 Å². The summed E-state index contributed by atoms with van der Waals surface area (Å²) in [7, 11) is -0.409. The molecular formula is C17H23N7O3S. The molecule has 1 fully saturated rings. The van der Waals surface area contributed by atoms with Crippen molar-refractivity contribution in [3.63, 3.8) is 0 Å². The normalized spacial score (nSPS) is 15.6. The summed E-state index contributed by atoms with van der Waals surface area (Å²) >= 11 is 0. The number of anilines is 2. The van der Waals surface area contributed by atoms with Gasteiger partial charge in [-0.15, -0.1) is 0 Å². The van der Waals surface area contributed by atoms with Crippen LogP contribution in [0.15, 0.2) is 30.6 Å². The van der Waals surface area contributed by atoms with E-state index in [4.69, 9.17) is 0 Å². The van der Waals surface area contributed by atoms with Crippen LogP contribution in [0, 0.1) is 6.92 Å². The molecule has 0 atom stereocenters. The van der Waals surface area contributed by atoms with Crippen molar-refractivity contribution in [2.75, 3.05) is 50.5 Å². The lowest BCUT2D eigenvalue weighted by molar-refractivity contribution is 0.102. The standard InChI is InChI=1S/C17H23N7O3S/c1-13-16(17(25)20-14-6-4-5-7-18-14)21-15(12-19-13)23-8-10-24(11-9-23)28(26,27)22(2)3/h4-7,12H,8-11H2,1-3H3,(H,18,20,25). The predicted molar refractivity (Wildman–Crippen MR) is 105 cm³/mol. The van der Waals surface area contributed by atoms with Gasteiger partial charge in [0.2, 0.25) is 0 Å². The quantitative estimate of drug-likeness (QED) is 0.764. The van der Waals surface area contributed by atoms with Crippen LogP contribution in [0.1, 0.15) is 16.2 Å². The van der Waals surface area contributed by atoms with E-state index in [9.17, 15) is 13.2 Å². The molecule has 0 unspecified atom stereocenters. The molecule has 1 aliphatic rings. The smallest absolute Gasteiger partial charge is 0.281 e. The number of amides is 1. The minimum absolute atomic E-state index is 0.214. The fraction of sp³-hybridized carbons (Fsp3) is 0.412. The molecule has 1 N–H and O–H groups in total. The van der Waals surface area contributed by atoms with Crippen molar-refractivity contribution in [1.82, 2.24) is 23.6 Å². The SMILES string of the molecule is Cc1ncc(N2CCN(S(=O)(=O)N(C)C)CC2)nc1C(=O)Nc1ccccn1. The Morgan fingerprint density at radius 2 is 1.86 bits per heavy atom. The Labute approximate surface area is 164 Å². The third-order valence-corrected chi connectivity index (χ3v) is 6.36. The number of carbonyl (C=O) groups excluding carboxylic acids is 1. The molecule has 150 valence electrons. The van der Waals surface area contributed by atoms with Gasteiger partial charge in [-0.25, -0.2) is 9.97 Å². The number of aromatic nitrogens is 3. The van der Waals surface area contributed by atoms with Crippen LogP contribution in [0.2, 0.25) is 0 Å². The van der Waals surface area contributed by atoms with E-state index in [1.165, 1.54) is 22.7 Å². The van der Waals surface area contributed by atoms with Crippen LogP contribution in [-0.2, 0) is 10.2 Å². The van der Waals surface area contributed by atoms with Gasteiger partial charge in [-0.1, -0.05) is 6.07 Å². The summed E-state index contributed by atoms with van der Waals surface area (Å²) in [6.07, 6.45) is 3.19. The highest BCUT2D eigenvalue weighted by Gasteiger charge is 2.29. The molecule has 0 radical (unpaired) electrons. The lowest BCUT2D eigenvalue weighted by atomic mass is 10.3. The van der Waals surface area contributed by atoms with E-state index >= 15 is 0 Å². The zero-order valence-electron chi connectivity index (χ0n) is 16.0. The molecule has 3 heterocycles. The van der Waals surface area contributed by atoms with Crippen LogP contribution in [0.5, 0.6) is 0 Å². The van der Waals surface area contributed by atoms with E-state index in [1.54, 1.807) is 37.5 Å². The highest BCUT2D eigenvalue weighted by molar-refractivity contribution is 7.86. The first-order valence-corrected chi connectivity index (χ1v) is 10.2. The van der Waals surface area contributed by atoms with Crippen LogP contribution in [0.25, 0.3) is 0 Å². The summed E-state index contributed by atoms with van der Waals surface area (Å²) < 4.78 is 27.1. The predicted octanol–water partition coefficient (Wildman–Crippen LogP) is 0.361. The zero-order chi connectivity index (χ0) is 20.3. The summed E-state index contributed by atoms with van der Waals surface area (Å²) in [6.45, 7) is 3.32. The topological polar surface area (TPSA) is 112 Å². The van der Waals surface area contributed by atoms with Gasteiger partial charge >= 0.3 is 0 Å². The molecule has 28 heavy (non-hydrogen) atoms. The Bertz CT molecular complexity index is 942. The van der Waals surface area contributed by atoms with Gasteiger partial charge in [-0.3, -0.25) is 9.78 Å². The molecule has 1 amide bonds. The first-order valence-electron chi connectivity index (χ1n) is 8.77. The number of hydrogen-bond acceptors (Lipinski definition) is 7. The maximum atomic E-state index is 12.6. The number of carbonyl (C=O) groups is 1. The molecule has 1 saturated heterocycles. The Morgan fingerprint density at radius 3 is 2.46 bits per heavy atom. The van der Waals surface area contributed by atoms with Crippen molar-refractivity contribution in [3.8, 4) is 0 Å². The molecule has 0 aliphatic carbocycles. The van der Waals surface area contributed by atoms with Crippen molar-refractivity contribution in [2.45, 2.75) is 6.92 Å². The van der Waals surface area contributed by atoms with Crippen molar-refractivity contribution in [2.24, 2.45) is 0 Å². The number of pyridine rings is 1. The molecule has 1 aliphatic heterocycles. The number of nitrogens with zero attached hydrogens (tertiary/aromatic N) is 6. The molecule has 3 rings (SSSR count). The first-order chi connectivity index (χ1) is 13.3. The minimum Gasteiger partial charge on any atom is -0.353 e. The number of nitrogens with one attached hydrogen (secondary N) is 1.